The van der Waals surface area contributed by atoms with Gasteiger partial charge in [0.2, 0.25) is 12.6 Å². The Balaban J connectivity index is 2.00. The topological polar surface area (TPSA) is 113 Å². The van der Waals surface area contributed by atoms with E-state index in [1.165, 1.54) is 18.4 Å². The molecule has 0 bridgehead atoms. The predicted octanol–water partition coefficient (Wildman–Crippen LogP) is 4.64. The number of amides is 1. The van der Waals surface area contributed by atoms with Gasteiger partial charge in [-0.1, -0.05) is 35.3 Å². The number of nitrogens with zero attached hydrogens (tertiary/aromatic N) is 1. The molecular formula is C27H22Cl2N2O6. The molecule has 0 fully saturated rings. The van der Waals surface area contributed by atoms with Gasteiger partial charge in [-0.2, -0.15) is 0 Å². The van der Waals surface area contributed by atoms with Crippen LogP contribution in [0.4, 0.5) is 5.69 Å². The summed E-state index contributed by atoms with van der Waals surface area (Å²) in [6.07, 6.45) is 3.66. The largest absolute Gasteiger partial charge is 0.507 e. The first-order valence-electron chi connectivity index (χ1n) is 11.0. The lowest BCUT2D eigenvalue weighted by atomic mass is 10.0. The van der Waals surface area contributed by atoms with Crippen LogP contribution < -0.4 is 5.32 Å². The third kappa shape index (κ3) is 6.95. The molecule has 0 aliphatic carbocycles. The Labute approximate surface area is 223 Å². The molecule has 3 rings (SSSR count). The van der Waals surface area contributed by atoms with Crippen LogP contribution in [-0.4, -0.2) is 61.7 Å². The molecule has 8 nitrogen and oxygen atoms in total. The Morgan fingerprint density at radius 1 is 0.973 bits per heavy atom. The summed E-state index contributed by atoms with van der Waals surface area (Å²) in [6, 6.07) is 11.5. The highest BCUT2D eigenvalue weighted by Crippen LogP contribution is 2.33. The molecule has 37 heavy (non-hydrogen) atoms. The summed E-state index contributed by atoms with van der Waals surface area (Å²) in [5.74, 6) is -2.03. The average Bonchev–Trinajstić information content (AvgIpc) is 2.86. The predicted molar refractivity (Wildman–Crippen MR) is 141 cm³/mol. The average molecular weight is 541 g/mol. The van der Waals surface area contributed by atoms with E-state index < -0.39 is 17.6 Å². The summed E-state index contributed by atoms with van der Waals surface area (Å²) in [7, 11) is 3.80. The van der Waals surface area contributed by atoms with E-state index in [0.717, 1.165) is 12.1 Å². The minimum absolute atomic E-state index is 0.0609. The van der Waals surface area contributed by atoms with Crippen molar-refractivity contribution in [3.8, 4) is 16.9 Å². The van der Waals surface area contributed by atoms with Crippen LogP contribution in [0.3, 0.4) is 0 Å². The van der Waals surface area contributed by atoms with E-state index in [0.29, 0.717) is 34.1 Å². The Bertz CT molecular complexity index is 1360. The molecule has 0 saturated carbocycles. The fourth-order valence-electron chi connectivity index (χ4n) is 3.47. The van der Waals surface area contributed by atoms with Crippen molar-refractivity contribution < 1.29 is 29.0 Å². The van der Waals surface area contributed by atoms with Crippen molar-refractivity contribution in [2.45, 2.75) is 6.42 Å². The van der Waals surface area contributed by atoms with Crippen molar-refractivity contribution >= 4 is 53.3 Å². The van der Waals surface area contributed by atoms with Crippen molar-refractivity contribution in [3.63, 3.8) is 0 Å². The van der Waals surface area contributed by atoms with E-state index in [9.17, 15) is 24.3 Å². The first-order chi connectivity index (χ1) is 17.6. The molecule has 2 N–H and O–H groups in total. The van der Waals surface area contributed by atoms with Gasteiger partial charge in [-0.15, -0.1) is 0 Å². The molecule has 10 heteroatoms. The van der Waals surface area contributed by atoms with Gasteiger partial charge in [-0.25, -0.2) is 4.79 Å². The molecule has 0 spiro atoms. The minimum Gasteiger partial charge on any atom is -0.507 e. The van der Waals surface area contributed by atoms with Crippen LogP contribution in [0.1, 0.15) is 38.3 Å². The number of benzene rings is 3. The third-order valence-electron chi connectivity index (χ3n) is 5.31. The number of nitrogens with one attached hydrogen (secondary N) is 1. The number of aromatic hydroxyl groups is 1. The first-order valence-corrected chi connectivity index (χ1v) is 11.8. The van der Waals surface area contributed by atoms with Crippen LogP contribution in [0.25, 0.3) is 11.1 Å². The normalized spacial score (nSPS) is 10.7. The highest BCUT2D eigenvalue weighted by molar-refractivity contribution is 6.36. The van der Waals surface area contributed by atoms with Gasteiger partial charge in [-0.3, -0.25) is 14.4 Å². The number of carbonyl (C=O) groups excluding carboxylic acids is 4. The summed E-state index contributed by atoms with van der Waals surface area (Å²) in [5, 5.41) is 13.4. The van der Waals surface area contributed by atoms with Gasteiger partial charge in [0, 0.05) is 27.7 Å². The summed E-state index contributed by atoms with van der Waals surface area (Å²) in [5.41, 5.74) is 0.482. The van der Waals surface area contributed by atoms with Crippen molar-refractivity contribution in [1.82, 2.24) is 4.90 Å². The molecule has 3 aromatic rings. The number of anilines is 1. The van der Waals surface area contributed by atoms with Gasteiger partial charge in [0.1, 0.15) is 5.75 Å². The van der Waals surface area contributed by atoms with E-state index in [4.69, 9.17) is 27.9 Å². The second-order valence-corrected chi connectivity index (χ2v) is 9.09. The molecule has 0 saturated heterocycles. The van der Waals surface area contributed by atoms with Crippen molar-refractivity contribution in [1.29, 1.82) is 0 Å². The molecule has 3 aromatic carbocycles. The van der Waals surface area contributed by atoms with E-state index >= 15 is 0 Å². The van der Waals surface area contributed by atoms with Gasteiger partial charge in [0.25, 0.3) is 5.91 Å². The van der Waals surface area contributed by atoms with Crippen LogP contribution in [0.5, 0.6) is 5.75 Å². The number of ether oxygens (including phenoxy) is 1. The van der Waals surface area contributed by atoms with Gasteiger partial charge >= 0.3 is 5.97 Å². The molecule has 0 atom stereocenters. The summed E-state index contributed by atoms with van der Waals surface area (Å²) in [4.78, 5) is 50.3. The van der Waals surface area contributed by atoms with E-state index in [-0.39, 0.29) is 34.5 Å². The Morgan fingerprint density at radius 3 is 2.35 bits per heavy atom. The van der Waals surface area contributed by atoms with Gasteiger partial charge in [0.05, 0.1) is 29.0 Å². The molecule has 0 aliphatic rings. The fourth-order valence-corrected chi connectivity index (χ4v) is 3.99. The molecule has 0 aliphatic heterocycles. The molecule has 0 unspecified atom stereocenters. The van der Waals surface area contributed by atoms with Gasteiger partial charge in [0.15, 0.2) is 0 Å². The summed E-state index contributed by atoms with van der Waals surface area (Å²) < 4.78 is 5.38. The van der Waals surface area contributed by atoms with Crippen LogP contribution >= 0.6 is 23.2 Å². The van der Waals surface area contributed by atoms with Gasteiger partial charge < -0.3 is 20.1 Å². The van der Waals surface area contributed by atoms with Crippen LogP contribution in [0.2, 0.25) is 10.0 Å². The molecule has 190 valence electrons. The minimum atomic E-state index is -0.827. The maximum absolute atomic E-state index is 13.1. The number of hydrogen-bond acceptors (Lipinski definition) is 7. The molecule has 2 radical (unpaired) electrons. The maximum atomic E-state index is 13.1. The number of esters is 1. The first kappa shape index (κ1) is 27.9. The quantitative estimate of drug-likeness (QED) is 0.284. The highest BCUT2D eigenvalue weighted by atomic mass is 35.5. The Kier molecular flexibility index (Phi) is 9.41. The van der Waals surface area contributed by atoms with Crippen LogP contribution in [0, 0.1) is 0 Å². The molecular weight excluding hydrogens is 519 g/mol. The standard InChI is InChI=1S/C27H22Cl2N2O6/c1-31(2)8-3-9-37-27(36)21-6-4-16(20-7-5-19(28)12-23(20)29)11-24(21)30-26(35)22-13-25(34)18(15-33)10-17(22)14-32/h4-7,10-13,34H,3,8-9H2,1-2H3,(H,30,35). The Hall–Kier alpha value is -3.72. The lowest BCUT2D eigenvalue weighted by Crippen LogP contribution is -2.19. The number of carbonyl (C=O) groups is 2. The number of phenols is 1. The monoisotopic (exact) mass is 540 g/mol. The zero-order valence-corrected chi connectivity index (χ0v) is 21.4. The fraction of sp³-hybridized carbons (Fsp3) is 0.185. The lowest BCUT2D eigenvalue weighted by molar-refractivity contribution is 0.0494. The SMILES string of the molecule is CN(C)CCCOC(=O)c1ccc(-c2ccc(Cl)cc2Cl)cc1NC(=O)c1cc(O)c([C]=O)cc1[C]=O. The van der Waals surface area contributed by atoms with Gasteiger partial charge in [-0.05, 0) is 62.5 Å². The van der Waals surface area contributed by atoms with E-state index in [1.54, 1.807) is 30.6 Å². The van der Waals surface area contributed by atoms with Crippen molar-refractivity contribution in [2.75, 3.05) is 32.6 Å². The zero-order chi connectivity index (χ0) is 27.1. The number of hydrogen-bond donors (Lipinski definition) is 2. The number of rotatable bonds is 10. The van der Waals surface area contributed by atoms with E-state index in [2.05, 4.69) is 5.32 Å². The van der Waals surface area contributed by atoms with Crippen LogP contribution in [0.15, 0.2) is 48.5 Å². The Morgan fingerprint density at radius 2 is 1.70 bits per heavy atom. The van der Waals surface area contributed by atoms with Crippen LogP contribution in [-0.2, 0) is 14.3 Å². The smallest absolute Gasteiger partial charge is 0.340 e. The maximum Gasteiger partial charge on any atom is 0.340 e. The third-order valence-corrected chi connectivity index (χ3v) is 5.86. The lowest BCUT2D eigenvalue weighted by Gasteiger charge is -2.15. The summed E-state index contributed by atoms with van der Waals surface area (Å²) in [6.45, 7) is 0.879. The summed E-state index contributed by atoms with van der Waals surface area (Å²) >= 11 is 12.3. The zero-order valence-electron chi connectivity index (χ0n) is 19.9. The second kappa shape index (κ2) is 12.5. The molecule has 0 aromatic heterocycles. The van der Waals surface area contributed by atoms with Crippen molar-refractivity contribution in [3.05, 3.63) is 80.8 Å². The van der Waals surface area contributed by atoms with Crippen molar-refractivity contribution in [2.24, 2.45) is 0 Å². The highest BCUT2D eigenvalue weighted by Gasteiger charge is 2.21. The second-order valence-electron chi connectivity index (χ2n) is 8.25. The number of phenolic OH excluding ortho intramolecular Hbond substituents is 1. The molecule has 1 amide bonds. The molecule has 0 heterocycles. The number of halogens is 2. The van der Waals surface area contributed by atoms with E-state index in [1.807, 2.05) is 19.0 Å².